The molecule has 0 aliphatic rings. The Hall–Kier alpha value is -2.51. The predicted molar refractivity (Wildman–Crippen MR) is 58.9 cm³/mol. The zero-order valence-electron chi connectivity index (χ0n) is 8.72. The van der Waals surface area contributed by atoms with Crippen molar-refractivity contribution >= 4 is 5.97 Å². The minimum atomic E-state index is -1.23. The normalized spacial score (nSPS) is 8.76. The van der Waals surface area contributed by atoms with Gasteiger partial charge in [0, 0.05) is 17.9 Å². The second-order valence-electron chi connectivity index (χ2n) is 2.97. The Morgan fingerprint density at radius 3 is 3.00 bits per heavy atom. The van der Waals surface area contributed by atoms with Gasteiger partial charge >= 0.3 is 5.97 Å². The van der Waals surface area contributed by atoms with E-state index in [9.17, 15) is 9.18 Å². The van der Waals surface area contributed by atoms with Gasteiger partial charge in [-0.25, -0.2) is 9.18 Å². The summed E-state index contributed by atoms with van der Waals surface area (Å²) in [6.07, 6.45) is 0.247. The minimum absolute atomic E-state index is 0.152. The largest absolute Gasteiger partial charge is 0.478 e. The second-order valence-corrected chi connectivity index (χ2v) is 2.97. The van der Waals surface area contributed by atoms with Crippen LogP contribution >= 0.6 is 0 Å². The van der Waals surface area contributed by atoms with Crippen molar-refractivity contribution in [2.24, 2.45) is 5.11 Å². The van der Waals surface area contributed by atoms with Gasteiger partial charge in [0.05, 0.1) is 11.1 Å². The molecule has 5 nitrogen and oxygen atoms in total. The molecule has 17 heavy (non-hydrogen) atoms. The van der Waals surface area contributed by atoms with E-state index in [2.05, 4.69) is 21.9 Å². The molecule has 0 fully saturated rings. The number of nitrogens with zero attached hydrogens (tertiary/aromatic N) is 3. The molecule has 0 atom stereocenters. The average Bonchev–Trinajstić information content (AvgIpc) is 2.30. The molecular weight excluding hydrogens is 225 g/mol. The van der Waals surface area contributed by atoms with Crippen LogP contribution in [-0.2, 0) is 0 Å². The molecule has 1 aromatic rings. The van der Waals surface area contributed by atoms with Crippen molar-refractivity contribution in [2.45, 2.75) is 6.42 Å². The number of rotatable bonds is 3. The second kappa shape index (κ2) is 6.16. The van der Waals surface area contributed by atoms with Crippen molar-refractivity contribution < 1.29 is 14.3 Å². The first-order valence-electron chi connectivity index (χ1n) is 4.68. The smallest absolute Gasteiger partial charge is 0.337 e. The summed E-state index contributed by atoms with van der Waals surface area (Å²) in [5.41, 5.74) is 7.68. The number of aromatic carboxylic acids is 1. The van der Waals surface area contributed by atoms with Crippen LogP contribution in [0.2, 0.25) is 0 Å². The van der Waals surface area contributed by atoms with Crippen molar-refractivity contribution in [2.75, 3.05) is 6.54 Å². The molecular formula is C11H8FN3O2. The average molecular weight is 233 g/mol. The summed E-state index contributed by atoms with van der Waals surface area (Å²) in [4.78, 5) is 13.3. The molecule has 0 bridgehead atoms. The highest BCUT2D eigenvalue weighted by atomic mass is 19.1. The van der Waals surface area contributed by atoms with Crippen LogP contribution in [0.25, 0.3) is 10.4 Å². The molecule has 0 heterocycles. The third-order valence-electron chi connectivity index (χ3n) is 1.86. The summed E-state index contributed by atoms with van der Waals surface area (Å²) < 4.78 is 13.3. The fourth-order valence-corrected chi connectivity index (χ4v) is 1.13. The van der Waals surface area contributed by atoms with Crippen LogP contribution in [0.1, 0.15) is 22.3 Å². The maximum atomic E-state index is 13.3. The van der Waals surface area contributed by atoms with E-state index in [0.29, 0.717) is 0 Å². The first-order chi connectivity index (χ1) is 8.16. The van der Waals surface area contributed by atoms with Gasteiger partial charge in [0.15, 0.2) is 0 Å². The maximum Gasteiger partial charge on any atom is 0.337 e. The number of benzene rings is 1. The molecule has 0 aromatic heterocycles. The molecule has 0 aliphatic carbocycles. The molecule has 1 aromatic carbocycles. The third-order valence-corrected chi connectivity index (χ3v) is 1.86. The molecule has 0 unspecified atom stereocenters. The number of hydrogen-bond donors (Lipinski definition) is 1. The number of hydrogen-bond acceptors (Lipinski definition) is 2. The molecule has 0 spiro atoms. The summed E-state index contributed by atoms with van der Waals surface area (Å²) in [6, 6.07) is 3.73. The molecule has 6 heteroatoms. The minimum Gasteiger partial charge on any atom is -0.478 e. The summed E-state index contributed by atoms with van der Waals surface area (Å²) >= 11 is 0. The Morgan fingerprint density at radius 2 is 2.35 bits per heavy atom. The topological polar surface area (TPSA) is 86.1 Å². The Labute approximate surface area is 96.5 Å². The lowest BCUT2D eigenvalue weighted by molar-refractivity contribution is 0.0696. The van der Waals surface area contributed by atoms with Crippen molar-refractivity contribution in [1.82, 2.24) is 0 Å². The number of halogens is 1. The Kier molecular flexibility index (Phi) is 4.55. The van der Waals surface area contributed by atoms with E-state index >= 15 is 0 Å². The van der Waals surface area contributed by atoms with E-state index in [1.165, 1.54) is 12.1 Å². The Balaban J connectivity index is 2.96. The molecule has 0 radical (unpaired) electrons. The molecule has 0 amide bonds. The molecule has 1 N–H and O–H groups in total. The maximum absolute atomic E-state index is 13.3. The van der Waals surface area contributed by atoms with Crippen LogP contribution in [0.5, 0.6) is 0 Å². The van der Waals surface area contributed by atoms with Crippen LogP contribution < -0.4 is 0 Å². The van der Waals surface area contributed by atoms with Crippen LogP contribution in [0, 0.1) is 17.7 Å². The highest BCUT2D eigenvalue weighted by Crippen LogP contribution is 2.12. The van der Waals surface area contributed by atoms with Crippen molar-refractivity contribution in [3.63, 3.8) is 0 Å². The fraction of sp³-hybridized carbons (Fsp3) is 0.182. The lowest BCUT2D eigenvalue weighted by atomic mass is 10.1. The molecule has 1 rings (SSSR count). The molecule has 0 saturated heterocycles. The SMILES string of the molecule is [N-]=[N+]=NCCC#Cc1c(F)cccc1C(=O)O. The predicted octanol–water partition coefficient (Wildman–Crippen LogP) is 2.58. The van der Waals surface area contributed by atoms with Crippen molar-refractivity contribution in [3.8, 4) is 11.8 Å². The Morgan fingerprint density at radius 1 is 1.59 bits per heavy atom. The van der Waals surface area contributed by atoms with Gasteiger partial charge in [-0.05, 0) is 17.7 Å². The van der Waals surface area contributed by atoms with Gasteiger partial charge in [-0.15, -0.1) is 0 Å². The van der Waals surface area contributed by atoms with Gasteiger partial charge in [-0.1, -0.05) is 23.0 Å². The van der Waals surface area contributed by atoms with E-state index in [-0.39, 0.29) is 24.1 Å². The molecule has 86 valence electrons. The fourth-order valence-electron chi connectivity index (χ4n) is 1.13. The highest BCUT2D eigenvalue weighted by molar-refractivity contribution is 5.90. The van der Waals surface area contributed by atoms with Crippen molar-refractivity contribution in [1.29, 1.82) is 0 Å². The first kappa shape index (κ1) is 12.6. The van der Waals surface area contributed by atoms with Crippen LogP contribution in [-0.4, -0.2) is 17.6 Å². The van der Waals surface area contributed by atoms with Gasteiger partial charge in [-0.3, -0.25) is 0 Å². The number of carbonyl (C=O) groups is 1. The van der Waals surface area contributed by atoms with Gasteiger partial charge in [0.25, 0.3) is 0 Å². The van der Waals surface area contributed by atoms with E-state index in [0.717, 1.165) is 6.07 Å². The number of carboxylic acid groups (broad SMARTS) is 1. The summed E-state index contributed by atoms with van der Waals surface area (Å²) in [5.74, 6) is 3.08. The third kappa shape index (κ3) is 3.52. The summed E-state index contributed by atoms with van der Waals surface area (Å²) in [6.45, 7) is 0.167. The quantitative estimate of drug-likeness (QED) is 0.286. The van der Waals surface area contributed by atoms with E-state index in [1.54, 1.807) is 0 Å². The summed E-state index contributed by atoms with van der Waals surface area (Å²) in [7, 11) is 0. The highest BCUT2D eigenvalue weighted by Gasteiger charge is 2.11. The van der Waals surface area contributed by atoms with E-state index in [1.807, 2.05) is 0 Å². The van der Waals surface area contributed by atoms with Crippen LogP contribution in [0.4, 0.5) is 4.39 Å². The molecule has 0 saturated carbocycles. The zero-order chi connectivity index (χ0) is 12.7. The van der Waals surface area contributed by atoms with Crippen molar-refractivity contribution in [3.05, 3.63) is 45.6 Å². The lowest BCUT2D eigenvalue weighted by Crippen LogP contribution is -2.02. The van der Waals surface area contributed by atoms with Gasteiger partial charge in [-0.2, -0.15) is 0 Å². The van der Waals surface area contributed by atoms with Gasteiger partial charge < -0.3 is 5.11 Å². The standard InChI is InChI=1S/C11H8FN3O2/c12-10-6-3-5-9(11(16)17)8(10)4-1-2-7-14-15-13/h3,5-6H,2,7H2,(H,16,17). The van der Waals surface area contributed by atoms with Gasteiger partial charge in [0.2, 0.25) is 0 Å². The zero-order valence-corrected chi connectivity index (χ0v) is 8.72. The van der Waals surface area contributed by atoms with Crippen LogP contribution in [0.15, 0.2) is 23.3 Å². The van der Waals surface area contributed by atoms with Gasteiger partial charge in [0.1, 0.15) is 5.82 Å². The van der Waals surface area contributed by atoms with E-state index in [4.69, 9.17) is 10.6 Å². The summed E-state index contributed by atoms with van der Waals surface area (Å²) in [5, 5.41) is 12.1. The van der Waals surface area contributed by atoms with Crippen LogP contribution in [0.3, 0.4) is 0 Å². The Bertz CT molecular complexity index is 539. The first-order valence-corrected chi connectivity index (χ1v) is 4.68. The number of azide groups is 1. The van der Waals surface area contributed by atoms with E-state index < -0.39 is 11.8 Å². The molecule has 0 aliphatic heterocycles. The lowest BCUT2D eigenvalue weighted by Gasteiger charge is -1.99. The number of carboxylic acids is 1. The monoisotopic (exact) mass is 233 g/mol.